The van der Waals surface area contributed by atoms with Crippen molar-refractivity contribution in [3.63, 3.8) is 0 Å². The first-order valence-corrected chi connectivity index (χ1v) is 5.80. The van der Waals surface area contributed by atoms with E-state index in [1.54, 1.807) is 0 Å². The maximum absolute atomic E-state index is 11.1. The van der Waals surface area contributed by atoms with Crippen LogP contribution in [-0.2, 0) is 4.79 Å². The van der Waals surface area contributed by atoms with Gasteiger partial charge in [0.15, 0.2) is 0 Å². The fourth-order valence-corrected chi connectivity index (χ4v) is 2.16. The first-order chi connectivity index (χ1) is 6.68. The van der Waals surface area contributed by atoms with Crippen molar-refractivity contribution in [2.45, 2.75) is 52.4 Å². The van der Waals surface area contributed by atoms with Crippen LogP contribution < -0.4 is 0 Å². The topological polar surface area (TPSA) is 17.1 Å². The maximum Gasteiger partial charge on any atom is 0.126 e. The molecule has 1 heteroatoms. The summed E-state index contributed by atoms with van der Waals surface area (Å²) < 4.78 is 0. The third-order valence-electron chi connectivity index (χ3n) is 3.21. The summed E-state index contributed by atoms with van der Waals surface area (Å²) in [6.45, 7) is 4.49. The minimum absolute atomic E-state index is 0.0103. The van der Waals surface area contributed by atoms with Crippen molar-refractivity contribution in [1.29, 1.82) is 0 Å². The molecule has 14 heavy (non-hydrogen) atoms. The summed E-state index contributed by atoms with van der Waals surface area (Å²) in [4.78, 5) is 11.1. The van der Waals surface area contributed by atoms with Gasteiger partial charge in [0.2, 0.25) is 0 Å². The Kier molecular flexibility index (Phi) is 4.37. The molecule has 0 N–H and O–H groups in total. The molecule has 1 nitrogen and oxygen atoms in total. The minimum Gasteiger partial charge on any atom is -0.303 e. The Balaban J connectivity index is 2.37. The van der Waals surface area contributed by atoms with Gasteiger partial charge in [0.25, 0.3) is 0 Å². The molecule has 0 aromatic rings. The van der Waals surface area contributed by atoms with Gasteiger partial charge in [-0.15, -0.1) is 0 Å². The van der Waals surface area contributed by atoms with Crippen LogP contribution in [0, 0.1) is 11.3 Å². The van der Waals surface area contributed by atoms with Crippen LogP contribution in [-0.4, -0.2) is 6.29 Å². The van der Waals surface area contributed by atoms with Crippen molar-refractivity contribution >= 4 is 6.29 Å². The van der Waals surface area contributed by atoms with Crippen molar-refractivity contribution in [1.82, 2.24) is 0 Å². The molecule has 0 heterocycles. The predicted octanol–water partition coefficient (Wildman–Crippen LogP) is 3.74. The number of rotatable bonds is 5. The highest BCUT2D eigenvalue weighted by molar-refractivity contribution is 5.60. The van der Waals surface area contributed by atoms with Crippen LogP contribution in [0.4, 0.5) is 0 Å². The Hall–Kier alpha value is -0.590. The highest BCUT2D eigenvalue weighted by Crippen LogP contribution is 2.35. The summed E-state index contributed by atoms with van der Waals surface area (Å²) in [5.41, 5.74) is -0.0103. The van der Waals surface area contributed by atoms with E-state index in [2.05, 4.69) is 26.0 Å². The van der Waals surface area contributed by atoms with Crippen LogP contribution >= 0.6 is 0 Å². The zero-order chi connectivity index (χ0) is 10.4. The van der Waals surface area contributed by atoms with Crippen LogP contribution in [0.15, 0.2) is 12.2 Å². The lowest BCUT2D eigenvalue weighted by Gasteiger charge is -2.29. The zero-order valence-corrected chi connectivity index (χ0v) is 9.46. The van der Waals surface area contributed by atoms with Crippen LogP contribution in [0.1, 0.15) is 52.4 Å². The highest BCUT2D eigenvalue weighted by Gasteiger charge is 2.28. The quantitative estimate of drug-likeness (QED) is 0.481. The molecule has 0 aromatic heterocycles. The first kappa shape index (κ1) is 11.5. The summed E-state index contributed by atoms with van der Waals surface area (Å²) in [6, 6.07) is 0. The Morgan fingerprint density at radius 2 is 2.21 bits per heavy atom. The fourth-order valence-electron chi connectivity index (χ4n) is 2.16. The molecular weight excluding hydrogens is 172 g/mol. The number of hydrogen-bond acceptors (Lipinski definition) is 1. The molecule has 1 aliphatic rings. The van der Waals surface area contributed by atoms with Gasteiger partial charge in [-0.2, -0.15) is 0 Å². The second-order valence-electron chi connectivity index (χ2n) is 4.98. The fraction of sp³-hybridized carbons (Fsp3) is 0.769. The van der Waals surface area contributed by atoms with Gasteiger partial charge >= 0.3 is 0 Å². The summed E-state index contributed by atoms with van der Waals surface area (Å²) in [6.07, 6.45) is 12.2. The van der Waals surface area contributed by atoms with Crippen LogP contribution in [0.3, 0.4) is 0 Å². The lowest BCUT2D eigenvalue weighted by Crippen LogP contribution is -2.23. The molecule has 0 spiro atoms. The molecule has 0 saturated heterocycles. The molecule has 0 bridgehead atoms. The van der Waals surface area contributed by atoms with E-state index < -0.39 is 0 Å². The van der Waals surface area contributed by atoms with Gasteiger partial charge in [0, 0.05) is 5.41 Å². The average Bonchev–Trinajstić information content (AvgIpc) is 2.19. The van der Waals surface area contributed by atoms with E-state index in [1.165, 1.54) is 19.1 Å². The highest BCUT2D eigenvalue weighted by atomic mass is 16.1. The molecule has 1 atom stereocenters. The molecule has 1 rings (SSSR count). The standard InChI is InChI=1S/C13H22O/c1-12(2)7-6-10-13(11-14)8-4-3-5-9-13/h3-4,11-12H,5-10H2,1-2H3. The van der Waals surface area contributed by atoms with Gasteiger partial charge in [-0.25, -0.2) is 0 Å². The van der Waals surface area contributed by atoms with Gasteiger partial charge in [-0.3, -0.25) is 0 Å². The van der Waals surface area contributed by atoms with Crippen molar-refractivity contribution in [2.24, 2.45) is 11.3 Å². The maximum atomic E-state index is 11.1. The van der Waals surface area contributed by atoms with Crippen LogP contribution in [0.25, 0.3) is 0 Å². The molecule has 80 valence electrons. The van der Waals surface area contributed by atoms with Gasteiger partial charge in [0.05, 0.1) is 0 Å². The lowest BCUT2D eigenvalue weighted by atomic mass is 9.74. The van der Waals surface area contributed by atoms with Gasteiger partial charge in [-0.1, -0.05) is 38.8 Å². The number of carbonyl (C=O) groups is 1. The van der Waals surface area contributed by atoms with Gasteiger partial charge in [-0.05, 0) is 31.6 Å². The molecule has 1 aliphatic carbocycles. The normalized spacial score (nSPS) is 26.8. The molecule has 0 fully saturated rings. The zero-order valence-electron chi connectivity index (χ0n) is 9.46. The smallest absolute Gasteiger partial charge is 0.126 e. The second kappa shape index (κ2) is 5.33. The summed E-state index contributed by atoms with van der Waals surface area (Å²) in [5.74, 6) is 0.762. The van der Waals surface area contributed by atoms with E-state index in [0.717, 1.165) is 31.6 Å². The third-order valence-corrected chi connectivity index (χ3v) is 3.21. The van der Waals surface area contributed by atoms with Gasteiger partial charge < -0.3 is 4.79 Å². The number of aldehydes is 1. The molecule has 0 aliphatic heterocycles. The van der Waals surface area contributed by atoms with E-state index in [1.807, 2.05) is 0 Å². The number of carbonyl (C=O) groups excluding carboxylic acids is 1. The molecular formula is C13H22O. The monoisotopic (exact) mass is 194 g/mol. The Morgan fingerprint density at radius 1 is 1.43 bits per heavy atom. The van der Waals surface area contributed by atoms with E-state index in [-0.39, 0.29) is 5.41 Å². The molecule has 0 saturated carbocycles. The van der Waals surface area contributed by atoms with E-state index in [9.17, 15) is 4.79 Å². The first-order valence-electron chi connectivity index (χ1n) is 5.80. The van der Waals surface area contributed by atoms with E-state index >= 15 is 0 Å². The number of hydrogen-bond donors (Lipinski definition) is 0. The van der Waals surface area contributed by atoms with Crippen molar-refractivity contribution < 1.29 is 4.79 Å². The largest absolute Gasteiger partial charge is 0.303 e. The Morgan fingerprint density at radius 3 is 2.71 bits per heavy atom. The summed E-state index contributed by atoms with van der Waals surface area (Å²) >= 11 is 0. The Labute approximate surface area is 87.6 Å². The number of allylic oxidation sites excluding steroid dienone is 2. The average molecular weight is 194 g/mol. The molecule has 0 radical (unpaired) electrons. The van der Waals surface area contributed by atoms with E-state index in [4.69, 9.17) is 0 Å². The van der Waals surface area contributed by atoms with Crippen molar-refractivity contribution in [3.05, 3.63) is 12.2 Å². The van der Waals surface area contributed by atoms with Crippen LogP contribution in [0.5, 0.6) is 0 Å². The van der Waals surface area contributed by atoms with Gasteiger partial charge in [0.1, 0.15) is 6.29 Å². The van der Waals surface area contributed by atoms with E-state index in [0.29, 0.717) is 0 Å². The second-order valence-corrected chi connectivity index (χ2v) is 4.98. The predicted molar refractivity (Wildman–Crippen MR) is 60.2 cm³/mol. The minimum atomic E-state index is -0.0103. The summed E-state index contributed by atoms with van der Waals surface area (Å²) in [5, 5.41) is 0. The summed E-state index contributed by atoms with van der Waals surface area (Å²) in [7, 11) is 0. The van der Waals surface area contributed by atoms with Crippen LogP contribution in [0.2, 0.25) is 0 Å². The molecule has 0 amide bonds. The third kappa shape index (κ3) is 3.28. The molecule has 0 aromatic carbocycles. The molecule has 1 unspecified atom stereocenters. The van der Waals surface area contributed by atoms with Crippen molar-refractivity contribution in [3.8, 4) is 0 Å². The SMILES string of the molecule is CC(C)CCCC1(C=O)CC=CCC1. The lowest BCUT2D eigenvalue weighted by molar-refractivity contribution is -0.117. The van der Waals surface area contributed by atoms with Crippen molar-refractivity contribution in [2.75, 3.05) is 0 Å². The Bertz CT molecular complexity index is 205.